The van der Waals surface area contributed by atoms with Gasteiger partial charge in [-0.1, -0.05) is 26.2 Å². The second-order valence-electron chi connectivity index (χ2n) is 6.12. The second-order valence-corrected chi connectivity index (χ2v) is 6.12. The molecule has 0 aromatic carbocycles. The first kappa shape index (κ1) is 14.8. The molecule has 110 valence electrons. The number of carbonyl (C=O) groups is 1. The summed E-state index contributed by atoms with van der Waals surface area (Å²) in [5, 5.41) is 12.6. The Morgan fingerprint density at radius 1 is 1.32 bits per heavy atom. The van der Waals surface area contributed by atoms with E-state index in [-0.39, 0.29) is 6.10 Å². The van der Waals surface area contributed by atoms with Crippen molar-refractivity contribution >= 4 is 5.97 Å². The van der Waals surface area contributed by atoms with E-state index in [2.05, 4.69) is 5.32 Å². The molecule has 0 bridgehead atoms. The van der Waals surface area contributed by atoms with Crippen molar-refractivity contribution in [3.8, 4) is 0 Å². The lowest BCUT2D eigenvalue weighted by Crippen LogP contribution is -2.50. The molecule has 2 atom stereocenters. The molecule has 0 aromatic heterocycles. The molecule has 4 nitrogen and oxygen atoms in total. The van der Waals surface area contributed by atoms with Gasteiger partial charge in [0, 0.05) is 13.0 Å². The van der Waals surface area contributed by atoms with Crippen LogP contribution in [0.4, 0.5) is 0 Å². The van der Waals surface area contributed by atoms with Gasteiger partial charge in [0.15, 0.2) is 0 Å². The van der Waals surface area contributed by atoms with Gasteiger partial charge in [-0.05, 0) is 38.1 Å². The summed E-state index contributed by atoms with van der Waals surface area (Å²) in [6.45, 7) is 3.48. The van der Waals surface area contributed by atoms with Crippen molar-refractivity contribution in [1.82, 2.24) is 5.32 Å². The summed E-state index contributed by atoms with van der Waals surface area (Å²) >= 11 is 0. The molecule has 2 N–H and O–H groups in total. The van der Waals surface area contributed by atoms with Crippen molar-refractivity contribution in [2.75, 3.05) is 13.2 Å². The van der Waals surface area contributed by atoms with E-state index >= 15 is 0 Å². The van der Waals surface area contributed by atoms with Gasteiger partial charge in [-0.15, -0.1) is 0 Å². The quantitative estimate of drug-likeness (QED) is 0.778. The van der Waals surface area contributed by atoms with Crippen LogP contribution in [0.3, 0.4) is 0 Å². The van der Waals surface area contributed by atoms with Gasteiger partial charge in [0.1, 0.15) is 5.54 Å². The normalized spacial score (nSPS) is 32.6. The Hall–Kier alpha value is -0.610. The Kier molecular flexibility index (Phi) is 5.22. The van der Waals surface area contributed by atoms with Crippen LogP contribution in [0.2, 0.25) is 0 Å². The van der Waals surface area contributed by atoms with E-state index in [1.54, 1.807) is 0 Å². The molecule has 0 aliphatic heterocycles. The van der Waals surface area contributed by atoms with E-state index in [0.29, 0.717) is 25.3 Å². The van der Waals surface area contributed by atoms with Gasteiger partial charge >= 0.3 is 5.97 Å². The maximum absolute atomic E-state index is 11.4. The van der Waals surface area contributed by atoms with Gasteiger partial charge in [-0.3, -0.25) is 4.79 Å². The Morgan fingerprint density at radius 2 is 2.05 bits per heavy atom. The lowest BCUT2D eigenvalue weighted by atomic mass is 9.90. The van der Waals surface area contributed by atoms with Gasteiger partial charge in [0.2, 0.25) is 0 Å². The minimum Gasteiger partial charge on any atom is -0.480 e. The zero-order chi connectivity index (χ0) is 13.7. The maximum atomic E-state index is 11.4. The fraction of sp³-hybridized carbons (Fsp3) is 0.933. The molecule has 2 unspecified atom stereocenters. The van der Waals surface area contributed by atoms with Gasteiger partial charge in [0.25, 0.3) is 0 Å². The third kappa shape index (κ3) is 3.69. The van der Waals surface area contributed by atoms with Crippen molar-refractivity contribution in [2.24, 2.45) is 5.92 Å². The largest absolute Gasteiger partial charge is 0.480 e. The van der Waals surface area contributed by atoms with Gasteiger partial charge in [0.05, 0.1) is 6.10 Å². The molecular formula is C15H27NO3. The summed E-state index contributed by atoms with van der Waals surface area (Å²) in [5.41, 5.74) is -0.744. The summed E-state index contributed by atoms with van der Waals surface area (Å²) in [4.78, 5) is 11.4. The predicted molar refractivity (Wildman–Crippen MR) is 74.2 cm³/mol. The molecule has 0 spiro atoms. The molecule has 0 amide bonds. The summed E-state index contributed by atoms with van der Waals surface area (Å²) in [7, 11) is 0. The Labute approximate surface area is 115 Å². The highest BCUT2D eigenvalue weighted by Gasteiger charge is 2.45. The van der Waals surface area contributed by atoms with E-state index in [4.69, 9.17) is 4.74 Å². The average Bonchev–Trinajstić information content (AvgIpc) is 2.83. The summed E-state index contributed by atoms with van der Waals surface area (Å²) < 4.78 is 5.99. The topological polar surface area (TPSA) is 58.6 Å². The third-order valence-corrected chi connectivity index (χ3v) is 4.69. The lowest BCUT2D eigenvalue weighted by molar-refractivity contribution is -0.145. The number of rotatable bonds is 6. The van der Waals surface area contributed by atoms with Crippen LogP contribution in [-0.4, -0.2) is 35.9 Å². The molecule has 2 aliphatic rings. The SMILES string of the molecule is CCNC1(C(=O)O)CCC(OCC2CCCCC2)C1. The van der Waals surface area contributed by atoms with Gasteiger partial charge < -0.3 is 15.2 Å². The van der Waals surface area contributed by atoms with Gasteiger partial charge in [-0.25, -0.2) is 0 Å². The maximum Gasteiger partial charge on any atom is 0.323 e. The second kappa shape index (κ2) is 6.71. The van der Waals surface area contributed by atoms with E-state index < -0.39 is 11.5 Å². The summed E-state index contributed by atoms with van der Waals surface area (Å²) in [6.07, 6.45) is 8.87. The van der Waals surface area contributed by atoms with Crippen LogP contribution < -0.4 is 5.32 Å². The molecular weight excluding hydrogens is 242 g/mol. The Bertz CT molecular complexity index is 302. The van der Waals surface area contributed by atoms with Crippen molar-refractivity contribution < 1.29 is 14.6 Å². The number of ether oxygens (including phenoxy) is 1. The van der Waals surface area contributed by atoms with E-state index in [9.17, 15) is 9.90 Å². The number of carboxylic acids is 1. The van der Waals surface area contributed by atoms with Crippen LogP contribution in [-0.2, 0) is 9.53 Å². The van der Waals surface area contributed by atoms with Crippen LogP contribution in [0.25, 0.3) is 0 Å². The summed E-state index contributed by atoms with van der Waals surface area (Å²) in [5.74, 6) is -0.0224. The van der Waals surface area contributed by atoms with Crippen molar-refractivity contribution in [3.05, 3.63) is 0 Å². The number of carboxylic acid groups (broad SMARTS) is 1. The molecule has 4 heteroatoms. The first-order valence-electron chi connectivity index (χ1n) is 7.76. The molecule has 0 aromatic rings. The Balaban J connectivity index is 1.78. The highest BCUT2D eigenvalue weighted by atomic mass is 16.5. The van der Waals surface area contributed by atoms with Crippen molar-refractivity contribution in [3.63, 3.8) is 0 Å². The lowest BCUT2D eigenvalue weighted by Gasteiger charge is -2.26. The summed E-state index contributed by atoms with van der Waals surface area (Å²) in [6, 6.07) is 0. The standard InChI is InChI=1S/C15H27NO3/c1-2-16-15(14(17)18)9-8-13(10-15)19-11-12-6-4-3-5-7-12/h12-13,16H,2-11H2,1H3,(H,17,18). The monoisotopic (exact) mass is 269 g/mol. The van der Waals surface area contributed by atoms with Gasteiger partial charge in [-0.2, -0.15) is 0 Å². The first-order chi connectivity index (χ1) is 9.16. The highest BCUT2D eigenvalue weighted by molar-refractivity contribution is 5.79. The van der Waals surface area contributed by atoms with E-state index in [1.165, 1.54) is 32.1 Å². The minimum absolute atomic E-state index is 0.122. The highest BCUT2D eigenvalue weighted by Crippen LogP contribution is 2.33. The smallest absolute Gasteiger partial charge is 0.323 e. The first-order valence-corrected chi connectivity index (χ1v) is 7.76. The third-order valence-electron chi connectivity index (χ3n) is 4.69. The van der Waals surface area contributed by atoms with Crippen molar-refractivity contribution in [2.45, 2.75) is 69.9 Å². The number of hydrogen-bond donors (Lipinski definition) is 2. The predicted octanol–water partition coefficient (Wildman–Crippen LogP) is 2.57. The molecule has 2 aliphatic carbocycles. The molecule has 0 saturated heterocycles. The molecule has 2 saturated carbocycles. The van der Waals surface area contributed by atoms with Crippen LogP contribution in [0.15, 0.2) is 0 Å². The molecule has 2 rings (SSSR count). The zero-order valence-electron chi connectivity index (χ0n) is 12.0. The van der Waals surface area contributed by atoms with E-state index in [0.717, 1.165) is 13.0 Å². The van der Waals surface area contributed by atoms with Crippen LogP contribution in [0, 0.1) is 5.92 Å². The average molecular weight is 269 g/mol. The molecule has 0 radical (unpaired) electrons. The molecule has 0 heterocycles. The van der Waals surface area contributed by atoms with Crippen LogP contribution in [0.1, 0.15) is 58.3 Å². The van der Waals surface area contributed by atoms with Crippen molar-refractivity contribution in [1.29, 1.82) is 0 Å². The number of hydrogen-bond acceptors (Lipinski definition) is 3. The van der Waals surface area contributed by atoms with E-state index in [1.807, 2.05) is 6.92 Å². The fourth-order valence-corrected chi connectivity index (χ4v) is 3.54. The number of aliphatic carboxylic acids is 1. The fourth-order valence-electron chi connectivity index (χ4n) is 3.54. The Morgan fingerprint density at radius 3 is 2.68 bits per heavy atom. The number of nitrogens with one attached hydrogen (secondary N) is 1. The zero-order valence-corrected chi connectivity index (χ0v) is 12.0. The number of likely N-dealkylation sites (N-methyl/N-ethyl adjacent to an activating group) is 1. The molecule has 19 heavy (non-hydrogen) atoms. The van der Waals surface area contributed by atoms with Crippen LogP contribution >= 0.6 is 0 Å². The minimum atomic E-state index is -0.744. The van der Waals surface area contributed by atoms with Crippen LogP contribution in [0.5, 0.6) is 0 Å². The molecule has 2 fully saturated rings.